The Hall–Kier alpha value is -1.88. The second-order valence-corrected chi connectivity index (χ2v) is 3.31. The lowest BCUT2D eigenvalue weighted by atomic mass is 10.2. The summed E-state index contributed by atoms with van der Waals surface area (Å²) in [6.07, 6.45) is 3.28. The minimum absolute atomic E-state index is 0.126. The summed E-state index contributed by atoms with van der Waals surface area (Å²) >= 11 is 4.62. The zero-order chi connectivity index (χ0) is 11.8. The fraction of sp³-hybridized carbons (Fsp3) is 0.0909. The van der Waals surface area contributed by atoms with E-state index < -0.39 is 0 Å². The average Bonchev–Trinajstić information content (AvgIpc) is 2.27. The van der Waals surface area contributed by atoms with E-state index in [-0.39, 0.29) is 5.11 Å². The van der Waals surface area contributed by atoms with Gasteiger partial charge in [-0.2, -0.15) is 5.10 Å². The van der Waals surface area contributed by atoms with Gasteiger partial charge in [0.1, 0.15) is 12.4 Å². The lowest BCUT2D eigenvalue weighted by Gasteiger charge is -2.05. The van der Waals surface area contributed by atoms with Crippen LogP contribution in [0.5, 0.6) is 5.75 Å². The van der Waals surface area contributed by atoms with E-state index in [1.807, 2.05) is 24.3 Å². The summed E-state index contributed by atoms with van der Waals surface area (Å²) < 4.78 is 5.44. The largest absolute Gasteiger partial charge is 0.489 e. The molecular formula is C11H13N3OS. The molecular weight excluding hydrogens is 222 g/mol. The van der Waals surface area contributed by atoms with E-state index in [1.165, 1.54) is 0 Å². The van der Waals surface area contributed by atoms with Gasteiger partial charge in [-0.15, -0.1) is 0 Å². The normalized spacial score (nSPS) is 10.0. The van der Waals surface area contributed by atoms with E-state index >= 15 is 0 Å². The number of hydrogen-bond donors (Lipinski definition) is 2. The third-order valence-corrected chi connectivity index (χ3v) is 1.75. The topological polar surface area (TPSA) is 59.6 Å². The summed E-state index contributed by atoms with van der Waals surface area (Å²) in [4.78, 5) is 0. The predicted octanol–water partition coefficient (Wildman–Crippen LogP) is 1.42. The van der Waals surface area contributed by atoms with Crippen LogP contribution in [0, 0.1) is 0 Å². The van der Waals surface area contributed by atoms with Crippen molar-refractivity contribution in [2.24, 2.45) is 10.8 Å². The van der Waals surface area contributed by atoms with Gasteiger partial charge in [-0.25, -0.2) is 0 Å². The predicted molar refractivity (Wildman–Crippen MR) is 69.6 cm³/mol. The Kier molecular flexibility index (Phi) is 5.01. The number of hydrogen-bond acceptors (Lipinski definition) is 3. The highest BCUT2D eigenvalue weighted by Crippen LogP contribution is 2.15. The van der Waals surface area contributed by atoms with Crippen molar-refractivity contribution in [2.45, 2.75) is 0 Å². The minimum Gasteiger partial charge on any atom is -0.489 e. The monoisotopic (exact) mass is 235 g/mol. The summed E-state index contributed by atoms with van der Waals surface area (Å²) in [5.74, 6) is 0.732. The van der Waals surface area contributed by atoms with E-state index in [0.717, 1.165) is 11.3 Å². The molecule has 0 aliphatic rings. The van der Waals surface area contributed by atoms with E-state index in [2.05, 4.69) is 29.3 Å². The molecule has 16 heavy (non-hydrogen) atoms. The molecule has 0 bridgehead atoms. The van der Waals surface area contributed by atoms with Gasteiger partial charge < -0.3 is 10.5 Å². The number of para-hydroxylation sites is 1. The van der Waals surface area contributed by atoms with E-state index in [1.54, 1.807) is 12.3 Å². The van der Waals surface area contributed by atoms with Crippen molar-refractivity contribution in [3.05, 3.63) is 42.5 Å². The molecule has 0 aliphatic carbocycles. The molecule has 0 fully saturated rings. The molecule has 84 valence electrons. The van der Waals surface area contributed by atoms with Gasteiger partial charge in [0, 0.05) is 5.56 Å². The maximum absolute atomic E-state index is 5.44. The highest BCUT2D eigenvalue weighted by Gasteiger charge is 1.98. The molecule has 0 spiro atoms. The summed E-state index contributed by atoms with van der Waals surface area (Å²) in [7, 11) is 0. The van der Waals surface area contributed by atoms with E-state index in [0.29, 0.717) is 6.61 Å². The molecule has 0 saturated carbocycles. The summed E-state index contributed by atoms with van der Waals surface area (Å²) in [5, 5.41) is 3.99. The molecule has 0 heterocycles. The number of nitrogens with one attached hydrogen (secondary N) is 1. The van der Waals surface area contributed by atoms with Crippen LogP contribution in [0.3, 0.4) is 0 Å². The molecule has 5 heteroatoms. The quantitative estimate of drug-likeness (QED) is 0.351. The van der Waals surface area contributed by atoms with Crippen LogP contribution >= 0.6 is 12.2 Å². The number of nitrogens with two attached hydrogens (primary N) is 1. The Bertz CT molecular complexity index is 404. The molecule has 1 rings (SSSR count). The van der Waals surface area contributed by atoms with Crippen LogP contribution in [-0.4, -0.2) is 17.9 Å². The van der Waals surface area contributed by atoms with Gasteiger partial charge in [0.15, 0.2) is 5.11 Å². The van der Waals surface area contributed by atoms with Crippen molar-refractivity contribution in [1.82, 2.24) is 5.43 Å². The van der Waals surface area contributed by atoms with E-state index in [9.17, 15) is 0 Å². The van der Waals surface area contributed by atoms with Crippen LogP contribution in [0.25, 0.3) is 0 Å². The number of rotatable bonds is 5. The second-order valence-electron chi connectivity index (χ2n) is 2.87. The first-order valence-corrected chi connectivity index (χ1v) is 5.06. The zero-order valence-electron chi connectivity index (χ0n) is 8.72. The van der Waals surface area contributed by atoms with Gasteiger partial charge in [0.25, 0.3) is 0 Å². The Labute approximate surface area is 99.8 Å². The highest BCUT2D eigenvalue weighted by atomic mass is 32.1. The summed E-state index contributed by atoms with van der Waals surface area (Å²) in [5.41, 5.74) is 8.56. The Morgan fingerprint density at radius 3 is 3.00 bits per heavy atom. The first-order chi connectivity index (χ1) is 7.74. The molecule has 1 aromatic rings. The molecule has 0 unspecified atom stereocenters. The molecule has 1 aromatic carbocycles. The smallest absolute Gasteiger partial charge is 0.184 e. The van der Waals surface area contributed by atoms with Gasteiger partial charge in [0.05, 0.1) is 6.21 Å². The Balaban J connectivity index is 2.73. The number of ether oxygens (including phenoxy) is 1. The van der Waals surface area contributed by atoms with Gasteiger partial charge >= 0.3 is 0 Å². The van der Waals surface area contributed by atoms with Crippen molar-refractivity contribution in [3.63, 3.8) is 0 Å². The van der Waals surface area contributed by atoms with Crippen molar-refractivity contribution < 1.29 is 4.74 Å². The van der Waals surface area contributed by atoms with Gasteiger partial charge in [-0.1, -0.05) is 24.8 Å². The summed E-state index contributed by atoms with van der Waals surface area (Å²) in [6, 6.07) is 7.51. The van der Waals surface area contributed by atoms with Crippen LogP contribution in [0.15, 0.2) is 42.0 Å². The van der Waals surface area contributed by atoms with E-state index in [4.69, 9.17) is 10.5 Å². The maximum Gasteiger partial charge on any atom is 0.184 e. The van der Waals surface area contributed by atoms with Gasteiger partial charge in [-0.05, 0) is 24.4 Å². The number of benzene rings is 1. The van der Waals surface area contributed by atoms with Crippen molar-refractivity contribution >= 4 is 23.5 Å². The molecule has 3 N–H and O–H groups in total. The minimum atomic E-state index is 0.126. The van der Waals surface area contributed by atoms with Gasteiger partial charge in [-0.3, -0.25) is 5.43 Å². The number of thiocarbonyl (C=S) groups is 1. The third-order valence-electron chi connectivity index (χ3n) is 1.65. The van der Waals surface area contributed by atoms with Crippen LogP contribution < -0.4 is 15.9 Å². The molecule has 4 nitrogen and oxygen atoms in total. The molecule has 0 saturated heterocycles. The molecule has 0 aliphatic heterocycles. The van der Waals surface area contributed by atoms with Crippen molar-refractivity contribution in [3.8, 4) is 5.75 Å². The number of nitrogens with zero attached hydrogens (tertiary/aromatic N) is 1. The SMILES string of the molecule is C=CCOc1ccccc1/C=N\NC(N)=S. The van der Waals surface area contributed by atoms with Crippen LogP contribution in [-0.2, 0) is 0 Å². The molecule has 0 radical (unpaired) electrons. The highest BCUT2D eigenvalue weighted by molar-refractivity contribution is 7.80. The maximum atomic E-state index is 5.44. The first-order valence-electron chi connectivity index (χ1n) is 4.65. The van der Waals surface area contributed by atoms with Crippen LogP contribution in [0.4, 0.5) is 0 Å². The Morgan fingerprint density at radius 2 is 2.31 bits per heavy atom. The molecule has 0 atom stereocenters. The van der Waals surface area contributed by atoms with Crippen molar-refractivity contribution in [2.75, 3.05) is 6.61 Å². The fourth-order valence-corrected chi connectivity index (χ4v) is 1.09. The zero-order valence-corrected chi connectivity index (χ0v) is 9.54. The van der Waals surface area contributed by atoms with Crippen LogP contribution in [0.2, 0.25) is 0 Å². The van der Waals surface area contributed by atoms with Crippen LogP contribution in [0.1, 0.15) is 5.56 Å². The van der Waals surface area contributed by atoms with Crippen molar-refractivity contribution in [1.29, 1.82) is 0 Å². The lowest BCUT2D eigenvalue weighted by molar-refractivity contribution is 0.362. The molecule has 0 aromatic heterocycles. The average molecular weight is 235 g/mol. The standard InChI is InChI=1S/C11H13N3OS/c1-2-7-15-10-6-4-3-5-9(10)8-13-14-11(12)16/h2-6,8H,1,7H2,(H3,12,14,16)/b13-8-. The number of hydrazone groups is 1. The third kappa shape index (κ3) is 4.10. The lowest BCUT2D eigenvalue weighted by Crippen LogP contribution is -2.24. The summed E-state index contributed by atoms with van der Waals surface area (Å²) in [6.45, 7) is 4.04. The second kappa shape index (κ2) is 6.58. The molecule has 0 amide bonds. The first kappa shape index (κ1) is 12.2. The fourth-order valence-electron chi connectivity index (χ4n) is 1.03. The van der Waals surface area contributed by atoms with Gasteiger partial charge in [0.2, 0.25) is 0 Å². The Morgan fingerprint density at radius 1 is 1.56 bits per heavy atom.